The highest BCUT2D eigenvalue weighted by atomic mass is 16.3. The number of likely N-dealkylation sites (tertiary alicyclic amines) is 1. The van der Waals surface area contributed by atoms with Crippen LogP contribution in [0.25, 0.3) is 0 Å². The van der Waals surface area contributed by atoms with Crippen molar-refractivity contribution in [1.29, 1.82) is 0 Å². The van der Waals surface area contributed by atoms with Crippen molar-refractivity contribution in [3.63, 3.8) is 0 Å². The summed E-state index contributed by atoms with van der Waals surface area (Å²) < 4.78 is 0. The van der Waals surface area contributed by atoms with Crippen molar-refractivity contribution in [1.82, 2.24) is 4.90 Å². The maximum absolute atomic E-state index is 9.94. The maximum atomic E-state index is 9.94. The number of hydrogen-bond donors (Lipinski definition) is 0. The lowest BCUT2D eigenvalue weighted by atomic mass is 9.87. The molecule has 1 heterocycles. The molecule has 3 heteroatoms. The number of nitroso groups, excluding NO2 is 1. The van der Waals surface area contributed by atoms with Gasteiger partial charge in [0.2, 0.25) is 0 Å². The molecule has 0 atom stereocenters. The van der Waals surface area contributed by atoms with E-state index in [0.717, 1.165) is 31.5 Å². The first-order chi connectivity index (χ1) is 6.24. The van der Waals surface area contributed by atoms with Crippen molar-refractivity contribution >= 4 is 0 Å². The molecule has 0 spiro atoms. The average Bonchev–Trinajstić information content (AvgIpc) is 2.15. The summed E-state index contributed by atoms with van der Waals surface area (Å²) in [6, 6.07) is 0. The normalized spacial score (nSPS) is 20.8. The summed E-state index contributed by atoms with van der Waals surface area (Å²) >= 11 is 0. The summed E-state index contributed by atoms with van der Waals surface area (Å²) in [4.78, 5) is 12.3. The zero-order valence-corrected chi connectivity index (χ0v) is 8.70. The van der Waals surface area contributed by atoms with E-state index in [1.807, 2.05) is 0 Å². The molecule has 1 aliphatic rings. The van der Waals surface area contributed by atoms with Crippen LogP contribution in [0, 0.1) is 16.7 Å². The number of nitrogens with zero attached hydrogens (tertiary/aromatic N) is 2. The van der Waals surface area contributed by atoms with Gasteiger partial charge in [-0.3, -0.25) is 0 Å². The van der Waals surface area contributed by atoms with Gasteiger partial charge in [-0.15, -0.1) is 0 Å². The second-order valence-corrected chi connectivity index (χ2v) is 4.28. The summed E-state index contributed by atoms with van der Waals surface area (Å²) in [6.07, 6.45) is 2.58. The Hall–Kier alpha value is -0.440. The van der Waals surface area contributed by atoms with E-state index in [4.69, 9.17) is 0 Å². The standard InChI is InChI=1S/C10H20N2O/c1-9(2)10-3-6-12(7-4-10)8-5-11-13/h9-10H,3-8H2,1-2H3. The number of rotatable bonds is 4. The second-order valence-electron chi connectivity index (χ2n) is 4.28. The van der Waals surface area contributed by atoms with E-state index in [2.05, 4.69) is 23.9 Å². The molecule has 0 aromatic rings. The second kappa shape index (κ2) is 5.32. The quantitative estimate of drug-likeness (QED) is 0.627. The van der Waals surface area contributed by atoms with Crippen LogP contribution in [0.2, 0.25) is 0 Å². The molecule has 0 bridgehead atoms. The largest absolute Gasteiger partial charge is 0.301 e. The van der Waals surface area contributed by atoms with Gasteiger partial charge in [-0.1, -0.05) is 19.0 Å². The third kappa shape index (κ3) is 3.43. The van der Waals surface area contributed by atoms with E-state index >= 15 is 0 Å². The first-order valence-electron chi connectivity index (χ1n) is 5.25. The Morgan fingerprint density at radius 3 is 2.46 bits per heavy atom. The molecule has 1 saturated heterocycles. The molecular formula is C10H20N2O. The van der Waals surface area contributed by atoms with Crippen molar-refractivity contribution in [3.05, 3.63) is 4.91 Å². The van der Waals surface area contributed by atoms with Crippen molar-refractivity contribution in [2.45, 2.75) is 26.7 Å². The third-order valence-electron chi connectivity index (χ3n) is 3.08. The molecule has 0 aliphatic carbocycles. The van der Waals surface area contributed by atoms with Crippen molar-refractivity contribution in [2.24, 2.45) is 17.0 Å². The van der Waals surface area contributed by atoms with E-state index in [1.54, 1.807) is 0 Å². The Morgan fingerprint density at radius 1 is 1.38 bits per heavy atom. The molecule has 1 aliphatic heterocycles. The lowest BCUT2D eigenvalue weighted by molar-refractivity contribution is 0.161. The van der Waals surface area contributed by atoms with Gasteiger partial charge in [0.05, 0.1) is 6.54 Å². The van der Waals surface area contributed by atoms with Crippen LogP contribution in [0.1, 0.15) is 26.7 Å². The van der Waals surface area contributed by atoms with E-state index in [9.17, 15) is 4.91 Å². The van der Waals surface area contributed by atoms with Gasteiger partial charge < -0.3 is 4.90 Å². The zero-order chi connectivity index (χ0) is 9.68. The van der Waals surface area contributed by atoms with Crippen molar-refractivity contribution < 1.29 is 0 Å². The average molecular weight is 184 g/mol. The molecule has 0 N–H and O–H groups in total. The Kier molecular flexibility index (Phi) is 4.36. The molecule has 3 nitrogen and oxygen atoms in total. The molecule has 0 unspecified atom stereocenters. The minimum Gasteiger partial charge on any atom is -0.301 e. The van der Waals surface area contributed by atoms with Gasteiger partial charge in [0.25, 0.3) is 0 Å². The molecule has 1 fully saturated rings. The monoisotopic (exact) mass is 184 g/mol. The highest BCUT2D eigenvalue weighted by Crippen LogP contribution is 2.23. The molecular weight excluding hydrogens is 164 g/mol. The summed E-state index contributed by atoms with van der Waals surface area (Å²) in [5.41, 5.74) is 0. The van der Waals surface area contributed by atoms with Gasteiger partial charge in [0.1, 0.15) is 0 Å². The number of piperidine rings is 1. The lowest BCUT2D eigenvalue weighted by Crippen LogP contribution is -2.36. The van der Waals surface area contributed by atoms with Gasteiger partial charge in [-0.25, -0.2) is 0 Å². The van der Waals surface area contributed by atoms with Gasteiger partial charge >= 0.3 is 0 Å². The number of hydrogen-bond acceptors (Lipinski definition) is 3. The fourth-order valence-corrected chi connectivity index (χ4v) is 2.03. The Labute approximate surface area is 80.5 Å². The summed E-state index contributed by atoms with van der Waals surface area (Å²) in [5, 5.41) is 2.89. The maximum Gasteiger partial charge on any atom is 0.0938 e. The molecule has 0 saturated carbocycles. The van der Waals surface area contributed by atoms with Crippen LogP contribution in [0.15, 0.2) is 5.18 Å². The first kappa shape index (κ1) is 10.6. The predicted octanol–water partition coefficient (Wildman–Crippen LogP) is 2.12. The van der Waals surface area contributed by atoms with Gasteiger partial charge in [0, 0.05) is 6.54 Å². The minimum atomic E-state index is 0.451. The van der Waals surface area contributed by atoms with E-state index in [-0.39, 0.29) is 0 Å². The summed E-state index contributed by atoms with van der Waals surface area (Å²) in [6.45, 7) is 8.21. The first-order valence-corrected chi connectivity index (χ1v) is 5.25. The van der Waals surface area contributed by atoms with Crippen LogP contribution in [-0.2, 0) is 0 Å². The van der Waals surface area contributed by atoms with Crippen LogP contribution in [-0.4, -0.2) is 31.1 Å². The summed E-state index contributed by atoms with van der Waals surface area (Å²) in [5.74, 6) is 1.70. The molecule has 0 aromatic heterocycles. The molecule has 0 aromatic carbocycles. The van der Waals surface area contributed by atoms with Crippen LogP contribution in [0.3, 0.4) is 0 Å². The van der Waals surface area contributed by atoms with Crippen LogP contribution < -0.4 is 0 Å². The van der Waals surface area contributed by atoms with Crippen molar-refractivity contribution in [3.8, 4) is 0 Å². The minimum absolute atomic E-state index is 0.451. The molecule has 13 heavy (non-hydrogen) atoms. The highest BCUT2D eigenvalue weighted by Gasteiger charge is 2.20. The van der Waals surface area contributed by atoms with E-state index in [1.165, 1.54) is 12.8 Å². The smallest absolute Gasteiger partial charge is 0.0938 e. The fourth-order valence-electron chi connectivity index (χ4n) is 2.03. The lowest BCUT2D eigenvalue weighted by Gasteiger charge is -2.33. The Morgan fingerprint density at radius 2 is 2.00 bits per heavy atom. The van der Waals surface area contributed by atoms with Crippen molar-refractivity contribution in [2.75, 3.05) is 26.2 Å². The predicted molar refractivity (Wildman–Crippen MR) is 54.7 cm³/mol. The van der Waals surface area contributed by atoms with Gasteiger partial charge in [-0.2, -0.15) is 4.91 Å². The van der Waals surface area contributed by atoms with E-state index in [0.29, 0.717) is 6.54 Å². The Bertz CT molecular complexity index is 151. The SMILES string of the molecule is CC(C)C1CCN(CCN=O)CC1. The third-order valence-corrected chi connectivity index (χ3v) is 3.08. The summed E-state index contributed by atoms with van der Waals surface area (Å²) in [7, 11) is 0. The molecule has 1 rings (SSSR count). The van der Waals surface area contributed by atoms with Gasteiger partial charge in [-0.05, 0) is 37.8 Å². The van der Waals surface area contributed by atoms with Crippen LogP contribution >= 0.6 is 0 Å². The molecule has 0 amide bonds. The molecule has 76 valence electrons. The zero-order valence-electron chi connectivity index (χ0n) is 8.70. The fraction of sp³-hybridized carbons (Fsp3) is 1.00. The van der Waals surface area contributed by atoms with E-state index < -0.39 is 0 Å². The highest BCUT2D eigenvalue weighted by molar-refractivity contribution is 4.74. The van der Waals surface area contributed by atoms with Gasteiger partial charge in [0.15, 0.2) is 0 Å². The molecule has 0 radical (unpaired) electrons. The topological polar surface area (TPSA) is 32.7 Å². The Balaban J connectivity index is 2.18. The van der Waals surface area contributed by atoms with Crippen LogP contribution in [0.4, 0.5) is 0 Å². The van der Waals surface area contributed by atoms with Crippen LogP contribution in [0.5, 0.6) is 0 Å².